The SMILES string of the molecule is O=c1c([N+](=O)[O-])c[nH]cc1[N+](=O)[O-]. The molecule has 1 aromatic rings. The molecule has 0 aromatic carbocycles. The van der Waals surface area contributed by atoms with E-state index >= 15 is 0 Å². The van der Waals surface area contributed by atoms with Gasteiger partial charge in [-0.3, -0.25) is 25.0 Å². The Morgan fingerprint density at radius 1 is 1.08 bits per heavy atom. The first-order valence-electron chi connectivity index (χ1n) is 3.04. The second kappa shape index (κ2) is 3.01. The summed E-state index contributed by atoms with van der Waals surface area (Å²) in [6.07, 6.45) is 1.60. The van der Waals surface area contributed by atoms with Crippen LogP contribution in [0.1, 0.15) is 0 Å². The number of nitro groups is 2. The van der Waals surface area contributed by atoms with Gasteiger partial charge in [-0.2, -0.15) is 0 Å². The average Bonchev–Trinajstić information content (AvgIpc) is 2.03. The van der Waals surface area contributed by atoms with Gasteiger partial charge in [0.15, 0.2) is 0 Å². The van der Waals surface area contributed by atoms with Gasteiger partial charge in [0.05, 0.1) is 22.2 Å². The molecule has 1 N–H and O–H groups in total. The largest absolute Gasteiger partial charge is 0.356 e. The maximum atomic E-state index is 10.9. The van der Waals surface area contributed by atoms with E-state index in [0.717, 1.165) is 12.4 Å². The Balaban J connectivity index is 3.44. The van der Waals surface area contributed by atoms with Crippen molar-refractivity contribution in [2.75, 3.05) is 0 Å². The maximum absolute atomic E-state index is 10.9. The minimum absolute atomic E-state index is 0.801. The third-order valence-corrected chi connectivity index (χ3v) is 1.30. The zero-order chi connectivity index (χ0) is 10.0. The van der Waals surface area contributed by atoms with Crippen LogP contribution in [-0.4, -0.2) is 14.8 Å². The number of hydrogen-bond acceptors (Lipinski definition) is 5. The molecule has 1 heterocycles. The molecule has 0 aliphatic rings. The number of hydrogen-bond donors (Lipinski definition) is 1. The number of H-pyrrole nitrogens is 1. The van der Waals surface area contributed by atoms with Gasteiger partial charge in [0.2, 0.25) is 0 Å². The number of aromatic amines is 1. The van der Waals surface area contributed by atoms with Gasteiger partial charge < -0.3 is 4.98 Å². The van der Waals surface area contributed by atoms with E-state index in [1.165, 1.54) is 0 Å². The minimum atomic E-state index is -1.20. The predicted molar refractivity (Wildman–Crippen MR) is 40.4 cm³/mol. The van der Waals surface area contributed by atoms with Crippen molar-refractivity contribution < 1.29 is 9.85 Å². The van der Waals surface area contributed by atoms with E-state index in [1.54, 1.807) is 0 Å². The lowest BCUT2D eigenvalue weighted by atomic mass is 10.4. The Labute approximate surface area is 70.1 Å². The molecule has 0 atom stereocenters. The summed E-state index contributed by atoms with van der Waals surface area (Å²) in [6, 6.07) is 0. The molecule has 8 heteroatoms. The van der Waals surface area contributed by atoms with Gasteiger partial charge in [0, 0.05) is 0 Å². The highest BCUT2D eigenvalue weighted by Gasteiger charge is 2.21. The van der Waals surface area contributed by atoms with Crippen LogP contribution in [0.25, 0.3) is 0 Å². The zero-order valence-corrected chi connectivity index (χ0v) is 6.09. The van der Waals surface area contributed by atoms with Gasteiger partial charge in [-0.15, -0.1) is 0 Å². The molecule has 13 heavy (non-hydrogen) atoms. The first-order valence-corrected chi connectivity index (χ1v) is 3.04. The second-order valence-corrected chi connectivity index (χ2v) is 2.07. The molecule has 0 radical (unpaired) electrons. The predicted octanol–water partition coefficient (Wildman–Crippen LogP) is 0.191. The lowest BCUT2D eigenvalue weighted by Gasteiger charge is -1.90. The van der Waals surface area contributed by atoms with Gasteiger partial charge in [-0.05, 0) is 0 Å². The van der Waals surface area contributed by atoms with Crippen molar-refractivity contribution in [2.45, 2.75) is 0 Å². The van der Waals surface area contributed by atoms with E-state index in [-0.39, 0.29) is 0 Å². The fourth-order valence-corrected chi connectivity index (χ4v) is 0.733. The zero-order valence-electron chi connectivity index (χ0n) is 6.09. The molecule has 68 valence electrons. The Morgan fingerprint density at radius 2 is 1.46 bits per heavy atom. The number of nitrogens with one attached hydrogen (secondary N) is 1. The van der Waals surface area contributed by atoms with E-state index < -0.39 is 26.7 Å². The molecule has 0 saturated heterocycles. The van der Waals surface area contributed by atoms with Crippen molar-refractivity contribution in [3.05, 3.63) is 42.8 Å². The number of pyridine rings is 1. The fraction of sp³-hybridized carbons (Fsp3) is 0. The highest BCUT2D eigenvalue weighted by Crippen LogP contribution is 2.07. The summed E-state index contributed by atoms with van der Waals surface area (Å²) < 4.78 is 0. The molecule has 0 aliphatic carbocycles. The molecule has 0 aliphatic heterocycles. The Bertz CT molecular complexity index is 387. The van der Waals surface area contributed by atoms with Gasteiger partial charge in [-0.1, -0.05) is 0 Å². The molecular formula is C5H3N3O5. The van der Waals surface area contributed by atoms with Gasteiger partial charge in [0.25, 0.3) is 0 Å². The van der Waals surface area contributed by atoms with Gasteiger partial charge >= 0.3 is 16.8 Å². The Hall–Kier alpha value is -2.25. The van der Waals surface area contributed by atoms with E-state index in [1.807, 2.05) is 0 Å². The number of aromatic nitrogens is 1. The third kappa shape index (κ3) is 1.50. The van der Waals surface area contributed by atoms with Crippen molar-refractivity contribution in [3.63, 3.8) is 0 Å². The van der Waals surface area contributed by atoms with Crippen LogP contribution >= 0.6 is 0 Å². The summed E-state index contributed by atoms with van der Waals surface area (Å²) in [5.74, 6) is 0. The topological polar surface area (TPSA) is 119 Å². The number of rotatable bonds is 2. The summed E-state index contributed by atoms with van der Waals surface area (Å²) in [6.45, 7) is 0. The average molecular weight is 185 g/mol. The van der Waals surface area contributed by atoms with E-state index in [9.17, 15) is 25.0 Å². The molecule has 0 fully saturated rings. The summed E-state index contributed by atoms with van der Waals surface area (Å²) in [7, 11) is 0. The lowest BCUT2D eigenvalue weighted by Crippen LogP contribution is -2.12. The van der Waals surface area contributed by atoms with E-state index in [2.05, 4.69) is 4.98 Å². The number of nitrogens with zero attached hydrogens (tertiary/aromatic N) is 2. The molecule has 1 aromatic heterocycles. The van der Waals surface area contributed by atoms with Crippen LogP contribution in [0.3, 0.4) is 0 Å². The lowest BCUT2D eigenvalue weighted by molar-refractivity contribution is -0.396. The molecule has 0 amide bonds. The summed E-state index contributed by atoms with van der Waals surface area (Å²) >= 11 is 0. The Morgan fingerprint density at radius 3 is 1.77 bits per heavy atom. The molecular weight excluding hydrogens is 182 g/mol. The monoisotopic (exact) mass is 185 g/mol. The first-order chi connectivity index (χ1) is 6.04. The summed E-state index contributed by atoms with van der Waals surface area (Å²) in [5.41, 5.74) is -2.88. The molecule has 8 nitrogen and oxygen atoms in total. The second-order valence-electron chi connectivity index (χ2n) is 2.07. The van der Waals surface area contributed by atoms with Crippen LogP contribution in [-0.2, 0) is 0 Å². The summed E-state index contributed by atoms with van der Waals surface area (Å²) in [5, 5.41) is 20.3. The van der Waals surface area contributed by atoms with Gasteiger partial charge in [0.1, 0.15) is 0 Å². The van der Waals surface area contributed by atoms with Crippen molar-refractivity contribution >= 4 is 11.4 Å². The fourth-order valence-electron chi connectivity index (χ4n) is 0.733. The van der Waals surface area contributed by atoms with Crippen LogP contribution in [0.15, 0.2) is 17.2 Å². The smallest absolute Gasteiger partial charge is 0.339 e. The van der Waals surface area contributed by atoms with Crippen LogP contribution < -0.4 is 5.43 Å². The molecule has 0 bridgehead atoms. The normalized spacial score (nSPS) is 9.54. The molecule has 0 unspecified atom stereocenters. The van der Waals surface area contributed by atoms with Crippen LogP contribution in [0.4, 0.5) is 11.4 Å². The van der Waals surface area contributed by atoms with Crippen LogP contribution in [0.5, 0.6) is 0 Å². The van der Waals surface area contributed by atoms with Crippen molar-refractivity contribution in [1.82, 2.24) is 4.98 Å². The maximum Gasteiger partial charge on any atom is 0.339 e. The standard InChI is InChI=1S/C5H3N3O5/c9-5-3(7(10)11)1-6-2-4(5)8(12)13/h1-2H,(H,6,9). The quantitative estimate of drug-likeness (QED) is 0.520. The van der Waals surface area contributed by atoms with Crippen molar-refractivity contribution in [2.24, 2.45) is 0 Å². The molecule has 0 spiro atoms. The van der Waals surface area contributed by atoms with E-state index in [4.69, 9.17) is 0 Å². The van der Waals surface area contributed by atoms with Gasteiger partial charge in [-0.25, -0.2) is 0 Å². The van der Waals surface area contributed by atoms with Crippen LogP contribution in [0, 0.1) is 20.2 Å². The van der Waals surface area contributed by atoms with Crippen molar-refractivity contribution in [1.29, 1.82) is 0 Å². The van der Waals surface area contributed by atoms with Crippen LogP contribution in [0.2, 0.25) is 0 Å². The molecule has 0 saturated carbocycles. The Kier molecular flexibility index (Phi) is 2.05. The third-order valence-electron chi connectivity index (χ3n) is 1.30. The highest BCUT2D eigenvalue weighted by atomic mass is 16.6. The highest BCUT2D eigenvalue weighted by molar-refractivity contribution is 5.38. The van der Waals surface area contributed by atoms with Crippen molar-refractivity contribution in [3.8, 4) is 0 Å². The summed E-state index contributed by atoms with van der Waals surface area (Å²) in [4.78, 5) is 31.5. The van der Waals surface area contributed by atoms with E-state index in [0.29, 0.717) is 0 Å². The first kappa shape index (κ1) is 8.84. The molecule has 1 rings (SSSR count). The minimum Gasteiger partial charge on any atom is -0.356 e.